The predicted molar refractivity (Wildman–Crippen MR) is 68.9 cm³/mol. The molecule has 1 amide bonds. The molecule has 0 heterocycles. The Morgan fingerprint density at radius 1 is 1.32 bits per heavy atom. The number of amides is 1. The van der Waals surface area contributed by atoms with Crippen molar-refractivity contribution in [2.45, 2.75) is 19.4 Å². The molecule has 19 heavy (non-hydrogen) atoms. The monoisotopic (exact) mass is 263 g/mol. The van der Waals surface area contributed by atoms with Crippen LogP contribution in [0.3, 0.4) is 0 Å². The van der Waals surface area contributed by atoms with Gasteiger partial charge in [-0.2, -0.15) is 0 Å². The number of esters is 1. The van der Waals surface area contributed by atoms with Crippen molar-refractivity contribution < 1.29 is 19.1 Å². The lowest BCUT2D eigenvalue weighted by atomic mass is 10.1. The zero-order valence-electron chi connectivity index (χ0n) is 11.1. The van der Waals surface area contributed by atoms with E-state index in [0.29, 0.717) is 17.9 Å². The van der Waals surface area contributed by atoms with Crippen LogP contribution in [0.2, 0.25) is 0 Å². The van der Waals surface area contributed by atoms with Crippen LogP contribution in [-0.4, -0.2) is 26.1 Å². The molecule has 0 aliphatic heterocycles. The summed E-state index contributed by atoms with van der Waals surface area (Å²) in [4.78, 5) is 23.2. The summed E-state index contributed by atoms with van der Waals surface area (Å²) in [6.45, 7) is 0.406. The summed E-state index contributed by atoms with van der Waals surface area (Å²) >= 11 is 0. The summed E-state index contributed by atoms with van der Waals surface area (Å²) in [5, 5.41) is 2.85. The first-order valence-electron chi connectivity index (χ1n) is 6.18. The zero-order valence-corrected chi connectivity index (χ0v) is 11.1. The molecule has 1 N–H and O–H groups in total. The molecular formula is C14H17NO4. The second kappa shape index (κ2) is 5.73. The van der Waals surface area contributed by atoms with Crippen LogP contribution in [0.4, 0.5) is 0 Å². The first kappa shape index (κ1) is 13.4. The maximum atomic E-state index is 11.6. The SMILES string of the molecule is COC(=O)c1cc(CNC(=O)C2CC2)ccc1OC. The molecule has 0 spiro atoms. The minimum Gasteiger partial charge on any atom is -0.496 e. The van der Waals surface area contributed by atoms with E-state index in [0.717, 1.165) is 18.4 Å². The van der Waals surface area contributed by atoms with Gasteiger partial charge < -0.3 is 14.8 Å². The van der Waals surface area contributed by atoms with Crippen molar-refractivity contribution in [3.63, 3.8) is 0 Å². The average Bonchev–Trinajstić information content (AvgIpc) is 3.28. The molecule has 1 fully saturated rings. The number of nitrogens with one attached hydrogen (secondary N) is 1. The third-order valence-electron chi connectivity index (χ3n) is 3.08. The van der Waals surface area contributed by atoms with Crippen molar-refractivity contribution in [3.8, 4) is 5.75 Å². The van der Waals surface area contributed by atoms with Crippen LogP contribution in [0, 0.1) is 5.92 Å². The van der Waals surface area contributed by atoms with Crippen molar-refractivity contribution in [1.82, 2.24) is 5.32 Å². The van der Waals surface area contributed by atoms with Crippen LogP contribution in [0.1, 0.15) is 28.8 Å². The first-order chi connectivity index (χ1) is 9.15. The summed E-state index contributed by atoms with van der Waals surface area (Å²) in [6.07, 6.45) is 1.95. The molecule has 2 rings (SSSR count). The molecule has 0 aromatic heterocycles. The Morgan fingerprint density at radius 3 is 2.63 bits per heavy atom. The quantitative estimate of drug-likeness (QED) is 0.818. The molecule has 5 nitrogen and oxygen atoms in total. The molecule has 0 bridgehead atoms. The highest BCUT2D eigenvalue weighted by atomic mass is 16.5. The van der Waals surface area contributed by atoms with Gasteiger partial charge in [0.15, 0.2) is 0 Å². The van der Waals surface area contributed by atoms with Gasteiger partial charge in [-0.05, 0) is 30.5 Å². The Hall–Kier alpha value is -2.04. The fraction of sp³-hybridized carbons (Fsp3) is 0.429. The Kier molecular flexibility index (Phi) is 4.04. The predicted octanol–water partition coefficient (Wildman–Crippen LogP) is 1.51. The van der Waals surface area contributed by atoms with Gasteiger partial charge in [-0.3, -0.25) is 4.79 Å². The first-order valence-corrected chi connectivity index (χ1v) is 6.18. The Bertz CT molecular complexity index is 494. The smallest absolute Gasteiger partial charge is 0.341 e. The summed E-state index contributed by atoms with van der Waals surface area (Å²) in [6, 6.07) is 5.20. The van der Waals surface area contributed by atoms with E-state index in [1.165, 1.54) is 14.2 Å². The molecule has 1 aliphatic rings. The van der Waals surface area contributed by atoms with Crippen molar-refractivity contribution in [3.05, 3.63) is 29.3 Å². The second-order valence-corrected chi connectivity index (χ2v) is 4.52. The Balaban J connectivity index is 2.08. The number of carbonyl (C=O) groups excluding carboxylic acids is 2. The molecular weight excluding hydrogens is 246 g/mol. The normalized spacial score (nSPS) is 13.8. The number of benzene rings is 1. The molecule has 0 unspecified atom stereocenters. The van der Waals surface area contributed by atoms with Crippen LogP contribution in [-0.2, 0) is 16.1 Å². The fourth-order valence-corrected chi connectivity index (χ4v) is 1.81. The molecule has 102 valence electrons. The lowest BCUT2D eigenvalue weighted by Gasteiger charge is -2.10. The number of methoxy groups -OCH3 is 2. The minimum absolute atomic E-state index is 0.0791. The van der Waals surface area contributed by atoms with Crippen molar-refractivity contribution in [1.29, 1.82) is 0 Å². The van der Waals surface area contributed by atoms with Crippen molar-refractivity contribution in [2.24, 2.45) is 5.92 Å². The number of carbonyl (C=O) groups is 2. The van der Waals surface area contributed by atoms with Gasteiger partial charge in [0, 0.05) is 12.5 Å². The van der Waals surface area contributed by atoms with Crippen LogP contribution in [0.15, 0.2) is 18.2 Å². The molecule has 1 aromatic rings. The second-order valence-electron chi connectivity index (χ2n) is 4.52. The molecule has 5 heteroatoms. The number of rotatable bonds is 5. The van der Waals surface area contributed by atoms with Gasteiger partial charge in [-0.1, -0.05) is 6.07 Å². The van der Waals surface area contributed by atoms with E-state index >= 15 is 0 Å². The Labute approximate surface area is 111 Å². The van der Waals surface area contributed by atoms with Crippen molar-refractivity contribution in [2.75, 3.05) is 14.2 Å². The molecule has 0 saturated heterocycles. The maximum Gasteiger partial charge on any atom is 0.341 e. The lowest BCUT2D eigenvalue weighted by molar-refractivity contribution is -0.122. The van der Waals surface area contributed by atoms with Crippen LogP contribution in [0.25, 0.3) is 0 Å². The van der Waals surface area contributed by atoms with E-state index in [-0.39, 0.29) is 11.8 Å². The molecule has 0 radical (unpaired) electrons. The average molecular weight is 263 g/mol. The highest BCUT2D eigenvalue weighted by Crippen LogP contribution is 2.29. The summed E-state index contributed by atoms with van der Waals surface area (Å²) < 4.78 is 9.81. The number of ether oxygens (including phenoxy) is 2. The zero-order chi connectivity index (χ0) is 13.8. The standard InChI is InChI=1S/C14H17NO4/c1-18-12-6-3-9(7-11(12)14(17)19-2)8-15-13(16)10-4-5-10/h3,6-7,10H,4-5,8H2,1-2H3,(H,15,16). The maximum absolute atomic E-state index is 11.6. The molecule has 1 aliphatic carbocycles. The van der Waals surface area contributed by atoms with Crippen LogP contribution < -0.4 is 10.1 Å². The van der Waals surface area contributed by atoms with E-state index in [9.17, 15) is 9.59 Å². The van der Waals surface area contributed by atoms with E-state index in [1.54, 1.807) is 12.1 Å². The summed E-state index contributed by atoms with van der Waals surface area (Å²) in [7, 11) is 2.82. The largest absolute Gasteiger partial charge is 0.496 e. The van der Waals surface area contributed by atoms with Crippen LogP contribution >= 0.6 is 0 Å². The highest BCUT2D eigenvalue weighted by Gasteiger charge is 2.29. The third-order valence-corrected chi connectivity index (χ3v) is 3.08. The number of hydrogen-bond acceptors (Lipinski definition) is 4. The van der Waals surface area contributed by atoms with Gasteiger partial charge in [0.05, 0.1) is 14.2 Å². The van der Waals surface area contributed by atoms with Gasteiger partial charge in [0.2, 0.25) is 5.91 Å². The number of hydrogen-bond donors (Lipinski definition) is 1. The van der Waals surface area contributed by atoms with Gasteiger partial charge in [0.25, 0.3) is 0 Å². The van der Waals surface area contributed by atoms with Gasteiger partial charge >= 0.3 is 5.97 Å². The van der Waals surface area contributed by atoms with Crippen molar-refractivity contribution >= 4 is 11.9 Å². The molecule has 1 aromatic carbocycles. The fourth-order valence-electron chi connectivity index (χ4n) is 1.81. The van der Waals surface area contributed by atoms with E-state index < -0.39 is 5.97 Å². The van der Waals surface area contributed by atoms with E-state index in [1.807, 2.05) is 6.07 Å². The topological polar surface area (TPSA) is 64.6 Å². The van der Waals surface area contributed by atoms with E-state index in [2.05, 4.69) is 5.32 Å². The van der Waals surface area contributed by atoms with Gasteiger partial charge in [0.1, 0.15) is 11.3 Å². The molecule has 1 saturated carbocycles. The van der Waals surface area contributed by atoms with E-state index in [4.69, 9.17) is 9.47 Å². The van der Waals surface area contributed by atoms with Gasteiger partial charge in [-0.15, -0.1) is 0 Å². The summed E-state index contributed by atoms with van der Waals surface area (Å²) in [5.41, 5.74) is 1.21. The van der Waals surface area contributed by atoms with Crippen LogP contribution in [0.5, 0.6) is 5.75 Å². The minimum atomic E-state index is -0.452. The highest BCUT2D eigenvalue weighted by molar-refractivity contribution is 5.92. The lowest BCUT2D eigenvalue weighted by Crippen LogP contribution is -2.24. The Morgan fingerprint density at radius 2 is 2.05 bits per heavy atom. The third kappa shape index (κ3) is 3.24. The summed E-state index contributed by atoms with van der Waals surface area (Å²) in [5.74, 6) is 0.269. The molecule has 0 atom stereocenters. The van der Waals surface area contributed by atoms with Gasteiger partial charge in [-0.25, -0.2) is 4.79 Å².